The largest absolute Gasteiger partial charge is 0.490 e. The van der Waals surface area contributed by atoms with Gasteiger partial charge < -0.3 is 19.7 Å². The van der Waals surface area contributed by atoms with Gasteiger partial charge in [0.05, 0.1) is 12.2 Å². The lowest BCUT2D eigenvalue weighted by Crippen LogP contribution is -2.46. The van der Waals surface area contributed by atoms with Crippen LogP contribution >= 0.6 is 0 Å². The molecule has 6 heteroatoms. The number of methoxy groups -OCH3 is 1. The third kappa shape index (κ3) is 6.32. The van der Waals surface area contributed by atoms with Crippen LogP contribution in [-0.4, -0.2) is 56.2 Å². The molecule has 6 nitrogen and oxygen atoms in total. The molecule has 0 aliphatic carbocycles. The van der Waals surface area contributed by atoms with Crippen LogP contribution in [0.5, 0.6) is 5.75 Å². The van der Waals surface area contributed by atoms with Crippen LogP contribution in [0.4, 0.5) is 0 Å². The summed E-state index contributed by atoms with van der Waals surface area (Å²) < 4.78 is 10.7. The number of hydrogen-bond acceptors (Lipinski definition) is 4. The number of piperidine rings is 1. The summed E-state index contributed by atoms with van der Waals surface area (Å²) in [6.45, 7) is 2.11. The first kappa shape index (κ1) is 21.8. The topological polar surface area (TPSA) is 67.9 Å². The monoisotopic (exact) mass is 410 g/mol. The van der Waals surface area contributed by atoms with Gasteiger partial charge >= 0.3 is 0 Å². The molecule has 1 heterocycles. The number of amides is 2. The zero-order chi connectivity index (χ0) is 21.2. The van der Waals surface area contributed by atoms with Crippen molar-refractivity contribution in [1.29, 1.82) is 0 Å². The number of likely N-dealkylation sites (tertiary alicyclic amines) is 1. The molecule has 0 unspecified atom stereocenters. The second-order valence-electron chi connectivity index (χ2n) is 7.46. The van der Waals surface area contributed by atoms with E-state index in [0.717, 1.165) is 19.3 Å². The van der Waals surface area contributed by atoms with Crippen LogP contribution in [0.2, 0.25) is 0 Å². The minimum atomic E-state index is -0.0307. The van der Waals surface area contributed by atoms with Crippen molar-refractivity contribution in [2.45, 2.75) is 31.7 Å². The number of carbonyl (C=O) groups is 2. The van der Waals surface area contributed by atoms with E-state index >= 15 is 0 Å². The molecule has 1 N–H and O–H groups in total. The van der Waals surface area contributed by atoms with E-state index in [4.69, 9.17) is 9.47 Å². The van der Waals surface area contributed by atoms with Gasteiger partial charge in [0, 0.05) is 32.7 Å². The molecule has 1 aliphatic rings. The lowest BCUT2D eigenvalue weighted by molar-refractivity contribution is -0.122. The van der Waals surface area contributed by atoms with Crippen molar-refractivity contribution < 1.29 is 19.1 Å². The van der Waals surface area contributed by atoms with Gasteiger partial charge in [-0.1, -0.05) is 42.5 Å². The van der Waals surface area contributed by atoms with Crippen molar-refractivity contribution in [2.75, 3.05) is 33.4 Å². The van der Waals surface area contributed by atoms with Gasteiger partial charge in [-0.2, -0.15) is 0 Å². The normalized spacial score (nSPS) is 14.4. The smallest absolute Gasteiger partial charge is 0.257 e. The van der Waals surface area contributed by atoms with E-state index in [-0.39, 0.29) is 17.9 Å². The van der Waals surface area contributed by atoms with Gasteiger partial charge in [-0.25, -0.2) is 0 Å². The lowest BCUT2D eigenvalue weighted by atomic mass is 10.0. The zero-order valence-corrected chi connectivity index (χ0v) is 17.5. The van der Waals surface area contributed by atoms with Gasteiger partial charge in [0.25, 0.3) is 5.91 Å². The van der Waals surface area contributed by atoms with E-state index in [2.05, 4.69) is 5.32 Å². The number of rotatable bonds is 9. The molecule has 0 radical (unpaired) electrons. The molecule has 0 spiro atoms. The van der Waals surface area contributed by atoms with Crippen LogP contribution < -0.4 is 10.1 Å². The van der Waals surface area contributed by atoms with Crippen molar-refractivity contribution in [1.82, 2.24) is 10.2 Å². The van der Waals surface area contributed by atoms with Gasteiger partial charge in [-0.15, -0.1) is 0 Å². The second-order valence-corrected chi connectivity index (χ2v) is 7.46. The predicted octanol–water partition coefficient (Wildman–Crippen LogP) is 3.07. The third-order valence-electron chi connectivity index (χ3n) is 5.29. The van der Waals surface area contributed by atoms with Gasteiger partial charge in [0.1, 0.15) is 12.4 Å². The first-order chi connectivity index (χ1) is 14.7. The molecule has 2 aromatic rings. The Balaban J connectivity index is 1.46. The summed E-state index contributed by atoms with van der Waals surface area (Å²) in [6, 6.07) is 17.4. The summed E-state index contributed by atoms with van der Waals surface area (Å²) in [5.74, 6) is 0.619. The summed E-state index contributed by atoms with van der Waals surface area (Å²) in [7, 11) is 1.62. The molecule has 0 bridgehead atoms. The Morgan fingerprint density at radius 1 is 1.00 bits per heavy atom. The minimum Gasteiger partial charge on any atom is -0.490 e. The number of para-hydroxylation sites is 1. The zero-order valence-electron chi connectivity index (χ0n) is 17.5. The number of aryl methyl sites for hydroxylation is 1. The number of carbonyl (C=O) groups excluding carboxylic acids is 2. The average Bonchev–Trinajstić information content (AvgIpc) is 2.79. The van der Waals surface area contributed by atoms with E-state index in [9.17, 15) is 9.59 Å². The van der Waals surface area contributed by atoms with Gasteiger partial charge in [-0.05, 0) is 37.0 Å². The Morgan fingerprint density at radius 2 is 1.70 bits per heavy atom. The van der Waals surface area contributed by atoms with Crippen LogP contribution in [0, 0.1) is 0 Å². The summed E-state index contributed by atoms with van der Waals surface area (Å²) in [4.78, 5) is 27.1. The Hall–Kier alpha value is -2.86. The highest BCUT2D eigenvalue weighted by Gasteiger charge is 2.26. The fourth-order valence-corrected chi connectivity index (χ4v) is 3.60. The van der Waals surface area contributed by atoms with E-state index in [1.54, 1.807) is 13.2 Å². The molecule has 0 aromatic heterocycles. The fourth-order valence-electron chi connectivity index (χ4n) is 3.60. The van der Waals surface area contributed by atoms with Crippen LogP contribution in [0.1, 0.15) is 35.2 Å². The molecule has 1 saturated heterocycles. The predicted molar refractivity (Wildman–Crippen MR) is 116 cm³/mol. The molecule has 3 rings (SSSR count). The van der Waals surface area contributed by atoms with Crippen molar-refractivity contribution in [3.8, 4) is 5.75 Å². The molecule has 2 amide bonds. The van der Waals surface area contributed by atoms with Crippen molar-refractivity contribution in [2.24, 2.45) is 0 Å². The number of nitrogens with zero attached hydrogens (tertiary/aromatic N) is 1. The van der Waals surface area contributed by atoms with E-state index in [1.807, 2.05) is 53.4 Å². The first-order valence-corrected chi connectivity index (χ1v) is 10.5. The maximum absolute atomic E-state index is 13.0. The highest BCUT2D eigenvalue weighted by molar-refractivity contribution is 5.97. The highest BCUT2D eigenvalue weighted by Crippen LogP contribution is 2.22. The SMILES string of the molecule is COCCOc1ccccc1C(=O)N1CCC(NC(=O)CCc2ccccc2)CC1. The average molecular weight is 411 g/mol. The van der Waals surface area contributed by atoms with Crippen molar-refractivity contribution in [3.63, 3.8) is 0 Å². The Bertz CT molecular complexity index is 817. The Kier molecular flexibility index (Phi) is 8.27. The lowest BCUT2D eigenvalue weighted by Gasteiger charge is -2.32. The maximum Gasteiger partial charge on any atom is 0.257 e. The first-order valence-electron chi connectivity index (χ1n) is 10.5. The van der Waals surface area contributed by atoms with Crippen LogP contribution in [0.3, 0.4) is 0 Å². The summed E-state index contributed by atoms with van der Waals surface area (Å²) >= 11 is 0. The second kappa shape index (κ2) is 11.4. The highest BCUT2D eigenvalue weighted by atomic mass is 16.5. The van der Waals surface area contributed by atoms with Crippen molar-refractivity contribution >= 4 is 11.8 Å². The number of benzene rings is 2. The molecular weight excluding hydrogens is 380 g/mol. The molecule has 1 fully saturated rings. The summed E-state index contributed by atoms with van der Waals surface area (Å²) in [5.41, 5.74) is 1.73. The van der Waals surface area contributed by atoms with Crippen LogP contribution in [-0.2, 0) is 16.0 Å². The summed E-state index contributed by atoms with van der Waals surface area (Å²) in [5, 5.41) is 3.12. The molecule has 0 atom stereocenters. The number of hydrogen-bond donors (Lipinski definition) is 1. The Morgan fingerprint density at radius 3 is 2.43 bits per heavy atom. The maximum atomic E-state index is 13.0. The standard InChI is InChI=1S/C24H30N2O4/c1-29-17-18-30-22-10-6-5-9-21(22)24(28)26-15-13-20(14-16-26)25-23(27)12-11-19-7-3-2-4-8-19/h2-10,20H,11-18H2,1H3,(H,25,27). The van der Waals surface area contributed by atoms with E-state index < -0.39 is 0 Å². The molecule has 2 aromatic carbocycles. The van der Waals surface area contributed by atoms with Crippen molar-refractivity contribution in [3.05, 3.63) is 65.7 Å². The Labute approximate surface area is 178 Å². The molecule has 30 heavy (non-hydrogen) atoms. The number of nitrogens with one attached hydrogen (secondary N) is 1. The molecule has 160 valence electrons. The van der Waals surface area contributed by atoms with E-state index in [1.165, 1.54) is 5.56 Å². The molecule has 1 aliphatic heterocycles. The quantitative estimate of drug-likeness (QED) is 0.645. The van der Waals surface area contributed by atoms with Crippen LogP contribution in [0.25, 0.3) is 0 Å². The number of ether oxygens (including phenoxy) is 2. The molecule has 0 saturated carbocycles. The fraction of sp³-hybridized carbons (Fsp3) is 0.417. The van der Waals surface area contributed by atoms with E-state index in [0.29, 0.717) is 44.0 Å². The van der Waals surface area contributed by atoms with Gasteiger partial charge in [0.15, 0.2) is 0 Å². The van der Waals surface area contributed by atoms with Crippen LogP contribution in [0.15, 0.2) is 54.6 Å². The van der Waals surface area contributed by atoms with Gasteiger partial charge in [0.2, 0.25) is 5.91 Å². The third-order valence-corrected chi connectivity index (χ3v) is 5.29. The van der Waals surface area contributed by atoms with Gasteiger partial charge in [-0.3, -0.25) is 9.59 Å². The summed E-state index contributed by atoms with van der Waals surface area (Å²) in [6.07, 6.45) is 2.74. The minimum absolute atomic E-state index is 0.0307. The molecular formula is C24H30N2O4.